The molecule has 1 saturated carbocycles. The van der Waals surface area contributed by atoms with Gasteiger partial charge in [-0.25, -0.2) is 9.97 Å². The molecular formula is C16H18N6. The van der Waals surface area contributed by atoms with E-state index < -0.39 is 0 Å². The number of hydrogen-bond donors (Lipinski definition) is 0. The van der Waals surface area contributed by atoms with Crippen molar-refractivity contribution < 1.29 is 0 Å². The first-order chi connectivity index (χ1) is 10.6. The first-order valence-corrected chi connectivity index (χ1v) is 7.54. The summed E-state index contributed by atoms with van der Waals surface area (Å²) in [7, 11) is 2.00. The SMILES string of the molecule is Cc1cccc(-n2nc(C)nc2-c2cc(C3CC3)n(C)n2)n1. The van der Waals surface area contributed by atoms with Crippen molar-refractivity contribution >= 4 is 0 Å². The number of nitrogens with zero attached hydrogens (tertiary/aromatic N) is 6. The van der Waals surface area contributed by atoms with Crippen LogP contribution in [-0.4, -0.2) is 29.5 Å². The molecule has 22 heavy (non-hydrogen) atoms. The summed E-state index contributed by atoms with van der Waals surface area (Å²) in [5, 5.41) is 9.12. The van der Waals surface area contributed by atoms with Crippen LogP contribution in [0.2, 0.25) is 0 Å². The molecule has 1 aliphatic rings. The third-order valence-electron chi connectivity index (χ3n) is 3.94. The highest BCUT2D eigenvalue weighted by Gasteiger charge is 2.28. The van der Waals surface area contributed by atoms with E-state index in [1.165, 1.54) is 18.5 Å². The minimum Gasteiger partial charge on any atom is -0.272 e. The Morgan fingerprint density at radius 2 is 1.91 bits per heavy atom. The number of aromatic nitrogens is 6. The largest absolute Gasteiger partial charge is 0.272 e. The van der Waals surface area contributed by atoms with Crippen molar-refractivity contribution in [2.75, 3.05) is 0 Å². The second-order valence-corrected chi connectivity index (χ2v) is 5.88. The molecule has 112 valence electrons. The molecule has 0 spiro atoms. The van der Waals surface area contributed by atoms with Gasteiger partial charge in [-0.15, -0.1) is 5.10 Å². The molecule has 1 aliphatic carbocycles. The maximum absolute atomic E-state index is 4.63. The fraction of sp³-hybridized carbons (Fsp3) is 0.375. The minimum absolute atomic E-state index is 0.654. The van der Waals surface area contributed by atoms with Gasteiger partial charge in [0.15, 0.2) is 11.6 Å². The maximum Gasteiger partial charge on any atom is 0.185 e. The van der Waals surface area contributed by atoms with Gasteiger partial charge in [-0.05, 0) is 44.9 Å². The average Bonchev–Trinajstić information content (AvgIpc) is 3.14. The number of rotatable bonds is 3. The summed E-state index contributed by atoms with van der Waals surface area (Å²) in [6, 6.07) is 8.02. The van der Waals surface area contributed by atoms with E-state index in [-0.39, 0.29) is 0 Å². The fourth-order valence-electron chi connectivity index (χ4n) is 2.74. The lowest BCUT2D eigenvalue weighted by molar-refractivity contribution is 0.713. The minimum atomic E-state index is 0.654. The Hall–Kier alpha value is -2.50. The molecule has 0 amide bonds. The lowest BCUT2D eigenvalue weighted by atomic mass is 10.2. The third kappa shape index (κ3) is 2.20. The number of aryl methyl sites for hydroxylation is 3. The summed E-state index contributed by atoms with van der Waals surface area (Å²) >= 11 is 0. The molecule has 3 aromatic heterocycles. The molecule has 0 bridgehead atoms. The van der Waals surface area contributed by atoms with Crippen LogP contribution in [0.5, 0.6) is 0 Å². The Kier molecular flexibility index (Phi) is 2.85. The summed E-state index contributed by atoms with van der Waals surface area (Å²) in [6.45, 7) is 3.86. The van der Waals surface area contributed by atoms with E-state index in [4.69, 9.17) is 0 Å². The molecule has 3 aromatic rings. The zero-order valence-corrected chi connectivity index (χ0v) is 13.0. The number of hydrogen-bond acceptors (Lipinski definition) is 4. The molecular weight excluding hydrogens is 276 g/mol. The topological polar surface area (TPSA) is 61.4 Å². The smallest absolute Gasteiger partial charge is 0.185 e. The van der Waals surface area contributed by atoms with Gasteiger partial charge < -0.3 is 0 Å². The Bertz CT molecular complexity index is 840. The second kappa shape index (κ2) is 4.76. The van der Waals surface area contributed by atoms with Crippen molar-refractivity contribution in [3.05, 3.63) is 41.5 Å². The Labute approximate surface area is 128 Å². The van der Waals surface area contributed by atoms with Gasteiger partial charge in [0.1, 0.15) is 11.5 Å². The van der Waals surface area contributed by atoms with Crippen molar-refractivity contribution in [3.8, 4) is 17.3 Å². The molecule has 0 N–H and O–H groups in total. The van der Waals surface area contributed by atoms with Gasteiger partial charge in [-0.1, -0.05) is 6.07 Å². The fourth-order valence-corrected chi connectivity index (χ4v) is 2.74. The third-order valence-corrected chi connectivity index (χ3v) is 3.94. The lowest BCUT2D eigenvalue weighted by Crippen LogP contribution is -2.03. The van der Waals surface area contributed by atoms with Crippen LogP contribution in [0.25, 0.3) is 17.3 Å². The van der Waals surface area contributed by atoms with Gasteiger partial charge in [0, 0.05) is 24.4 Å². The van der Waals surface area contributed by atoms with Gasteiger partial charge in [-0.3, -0.25) is 4.68 Å². The predicted octanol–water partition coefficient (Wildman–Crippen LogP) is 2.56. The molecule has 0 aliphatic heterocycles. The normalized spacial score (nSPS) is 14.5. The van der Waals surface area contributed by atoms with Gasteiger partial charge in [0.2, 0.25) is 0 Å². The highest BCUT2D eigenvalue weighted by molar-refractivity contribution is 5.53. The molecule has 4 rings (SSSR count). The van der Waals surface area contributed by atoms with Crippen LogP contribution in [0.3, 0.4) is 0 Å². The molecule has 0 saturated heterocycles. The van der Waals surface area contributed by atoms with Gasteiger partial charge in [0.05, 0.1) is 0 Å². The summed E-state index contributed by atoms with van der Waals surface area (Å²) in [5.74, 6) is 2.89. The molecule has 1 fully saturated rings. The predicted molar refractivity (Wildman–Crippen MR) is 82.8 cm³/mol. The summed E-state index contributed by atoms with van der Waals surface area (Å²) in [6.07, 6.45) is 2.51. The summed E-state index contributed by atoms with van der Waals surface area (Å²) < 4.78 is 3.74. The van der Waals surface area contributed by atoms with Crippen LogP contribution in [0.4, 0.5) is 0 Å². The van der Waals surface area contributed by atoms with Crippen molar-refractivity contribution in [3.63, 3.8) is 0 Å². The molecule has 0 radical (unpaired) electrons. The van der Waals surface area contributed by atoms with E-state index in [0.29, 0.717) is 5.92 Å². The molecule has 3 heterocycles. The van der Waals surface area contributed by atoms with E-state index in [1.807, 2.05) is 43.8 Å². The van der Waals surface area contributed by atoms with E-state index in [1.54, 1.807) is 4.68 Å². The standard InChI is InChI=1S/C16H18N6/c1-10-5-4-6-15(17-10)22-16(18-11(2)19-22)13-9-14(12-7-8-12)21(3)20-13/h4-6,9,12H,7-8H2,1-3H3. The first-order valence-electron chi connectivity index (χ1n) is 7.54. The molecule has 6 heteroatoms. The monoisotopic (exact) mass is 294 g/mol. The van der Waals surface area contributed by atoms with Crippen molar-refractivity contribution in [1.29, 1.82) is 0 Å². The second-order valence-electron chi connectivity index (χ2n) is 5.88. The van der Waals surface area contributed by atoms with Crippen LogP contribution in [0, 0.1) is 13.8 Å². The Morgan fingerprint density at radius 1 is 1.09 bits per heavy atom. The van der Waals surface area contributed by atoms with Crippen LogP contribution in [0.15, 0.2) is 24.3 Å². The van der Waals surface area contributed by atoms with Crippen molar-refractivity contribution in [2.45, 2.75) is 32.6 Å². The lowest BCUT2D eigenvalue weighted by Gasteiger charge is -2.03. The van der Waals surface area contributed by atoms with E-state index in [0.717, 1.165) is 28.9 Å². The zero-order chi connectivity index (χ0) is 15.3. The average molecular weight is 294 g/mol. The van der Waals surface area contributed by atoms with Gasteiger partial charge in [0.25, 0.3) is 0 Å². The zero-order valence-electron chi connectivity index (χ0n) is 13.0. The molecule has 6 nitrogen and oxygen atoms in total. The molecule has 0 unspecified atom stereocenters. The van der Waals surface area contributed by atoms with E-state index in [9.17, 15) is 0 Å². The van der Waals surface area contributed by atoms with Crippen molar-refractivity contribution in [1.82, 2.24) is 29.5 Å². The Morgan fingerprint density at radius 3 is 2.64 bits per heavy atom. The highest BCUT2D eigenvalue weighted by atomic mass is 15.4. The van der Waals surface area contributed by atoms with E-state index in [2.05, 4.69) is 26.2 Å². The molecule has 0 aromatic carbocycles. The van der Waals surface area contributed by atoms with E-state index >= 15 is 0 Å². The maximum atomic E-state index is 4.63. The summed E-state index contributed by atoms with van der Waals surface area (Å²) in [4.78, 5) is 9.10. The quantitative estimate of drug-likeness (QED) is 0.745. The molecule has 0 atom stereocenters. The van der Waals surface area contributed by atoms with Gasteiger partial charge in [-0.2, -0.15) is 9.78 Å². The van der Waals surface area contributed by atoms with Crippen LogP contribution in [-0.2, 0) is 7.05 Å². The van der Waals surface area contributed by atoms with Crippen LogP contribution < -0.4 is 0 Å². The summed E-state index contributed by atoms with van der Waals surface area (Å²) in [5.41, 5.74) is 3.09. The van der Waals surface area contributed by atoms with Gasteiger partial charge >= 0.3 is 0 Å². The number of pyridine rings is 1. The Balaban J connectivity index is 1.84. The van der Waals surface area contributed by atoms with Crippen LogP contribution in [0.1, 0.15) is 36.0 Å². The highest BCUT2D eigenvalue weighted by Crippen LogP contribution is 2.40. The van der Waals surface area contributed by atoms with Crippen LogP contribution >= 0.6 is 0 Å². The van der Waals surface area contributed by atoms with Crippen molar-refractivity contribution in [2.24, 2.45) is 7.05 Å². The first kappa shape index (κ1) is 13.2.